The Morgan fingerprint density at radius 2 is 1.38 bits per heavy atom. The van der Waals surface area contributed by atoms with Crippen LogP contribution in [0.1, 0.15) is 31.8 Å². The fraction of sp³-hybridized carbons (Fsp3) is 0.176. The van der Waals surface area contributed by atoms with Gasteiger partial charge in [-0.05, 0) is 60.4 Å². The molecule has 108 valence electrons. The molecule has 0 radical (unpaired) electrons. The molecule has 1 N–H and O–H groups in total. The molecule has 0 saturated heterocycles. The van der Waals surface area contributed by atoms with Crippen LogP contribution in [0.3, 0.4) is 0 Å². The second-order valence-corrected chi connectivity index (χ2v) is 4.86. The number of carboxylic acids is 1. The van der Waals surface area contributed by atoms with Crippen molar-refractivity contribution in [2.24, 2.45) is 0 Å². The summed E-state index contributed by atoms with van der Waals surface area (Å²) in [7, 11) is 1.33. The number of ether oxygens (including phenoxy) is 1. The van der Waals surface area contributed by atoms with E-state index in [1.54, 1.807) is 30.3 Å². The van der Waals surface area contributed by atoms with Crippen LogP contribution in [0.25, 0.3) is 11.1 Å². The molecule has 0 aliphatic heterocycles. The topological polar surface area (TPSA) is 63.6 Å². The number of carboxylic acid groups (broad SMARTS) is 1. The van der Waals surface area contributed by atoms with Crippen LogP contribution in [0, 0.1) is 13.8 Å². The maximum absolute atomic E-state index is 11.7. The monoisotopic (exact) mass is 284 g/mol. The molecule has 0 unspecified atom stereocenters. The number of hydrogen-bond acceptors (Lipinski definition) is 3. The van der Waals surface area contributed by atoms with Gasteiger partial charge in [0.15, 0.2) is 0 Å². The number of esters is 1. The molecule has 2 rings (SSSR count). The van der Waals surface area contributed by atoms with Crippen LogP contribution in [-0.4, -0.2) is 24.2 Å². The molecule has 0 heterocycles. The normalized spacial score (nSPS) is 10.2. The zero-order valence-electron chi connectivity index (χ0n) is 12.1. The van der Waals surface area contributed by atoms with Crippen LogP contribution in [-0.2, 0) is 4.74 Å². The van der Waals surface area contributed by atoms with Gasteiger partial charge < -0.3 is 9.84 Å². The van der Waals surface area contributed by atoms with Crippen molar-refractivity contribution in [2.45, 2.75) is 13.8 Å². The van der Waals surface area contributed by atoms with E-state index in [0.717, 1.165) is 22.3 Å². The zero-order valence-corrected chi connectivity index (χ0v) is 12.1. The van der Waals surface area contributed by atoms with E-state index >= 15 is 0 Å². The summed E-state index contributed by atoms with van der Waals surface area (Å²) in [6.45, 7) is 3.83. The Labute approximate surface area is 123 Å². The van der Waals surface area contributed by atoms with Gasteiger partial charge in [0.1, 0.15) is 0 Å². The van der Waals surface area contributed by atoms with E-state index in [0.29, 0.717) is 5.56 Å². The molecule has 0 saturated carbocycles. The smallest absolute Gasteiger partial charge is 0.337 e. The van der Waals surface area contributed by atoms with Crippen LogP contribution in [0.5, 0.6) is 0 Å². The third-order valence-electron chi connectivity index (χ3n) is 3.43. The highest BCUT2D eigenvalue weighted by atomic mass is 16.5. The van der Waals surface area contributed by atoms with Crippen molar-refractivity contribution in [3.63, 3.8) is 0 Å². The van der Waals surface area contributed by atoms with Crippen LogP contribution in [0.4, 0.5) is 0 Å². The molecule has 0 fully saturated rings. The average Bonchev–Trinajstić information content (AvgIpc) is 2.47. The number of carbonyl (C=O) groups is 2. The summed E-state index contributed by atoms with van der Waals surface area (Å²) in [6.07, 6.45) is 0. The van der Waals surface area contributed by atoms with Gasteiger partial charge in [-0.15, -0.1) is 0 Å². The summed E-state index contributed by atoms with van der Waals surface area (Å²) >= 11 is 0. The molecular formula is C17H16O4. The lowest BCUT2D eigenvalue weighted by Crippen LogP contribution is -2.02. The van der Waals surface area contributed by atoms with Crippen LogP contribution < -0.4 is 0 Å². The van der Waals surface area contributed by atoms with E-state index in [4.69, 9.17) is 9.84 Å². The molecule has 0 aliphatic rings. The summed E-state index contributed by atoms with van der Waals surface area (Å²) in [5.74, 6) is -1.39. The summed E-state index contributed by atoms with van der Waals surface area (Å²) in [6, 6.07) is 10.2. The average molecular weight is 284 g/mol. The summed E-state index contributed by atoms with van der Waals surface area (Å²) in [5, 5.41) is 9.12. The molecule has 0 atom stereocenters. The van der Waals surface area contributed by atoms with Crippen molar-refractivity contribution >= 4 is 11.9 Å². The van der Waals surface area contributed by atoms with Crippen molar-refractivity contribution in [1.82, 2.24) is 0 Å². The van der Waals surface area contributed by atoms with Gasteiger partial charge in [0, 0.05) is 0 Å². The van der Waals surface area contributed by atoms with Crippen molar-refractivity contribution in [3.05, 3.63) is 58.7 Å². The van der Waals surface area contributed by atoms with Crippen molar-refractivity contribution in [2.75, 3.05) is 7.11 Å². The lowest BCUT2D eigenvalue weighted by atomic mass is 9.93. The van der Waals surface area contributed by atoms with Crippen molar-refractivity contribution in [1.29, 1.82) is 0 Å². The van der Waals surface area contributed by atoms with E-state index in [2.05, 4.69) is 0 Å². The first-order valence-electron chi connectivity index (χ1n) is 6.47. The quantitative estimate of drug-likeness (QED) is 0.877. The molecule has 0 bridgehead atoms. The molecule has 2 aromatic rings. The number of carbonyl (C=O) groups excluding carboxylic acids is 1. The molecule has 4 heteroatoms. The van der Waals surface area contributed by atoms with Gasteiger partial charge in [-0.25, -0.2) is 9.59 Å². The fourth-order valence-corrected chi connectivity index (χ4v) is 2.20. The first-order valence-corrected chi connectivity index (χ1v) is 6.47. The zero-order chi connectivity index (χ0) is 15.6. The number of benzene rings is 2. The third kappa shape index (κ3) is 2.94. The van der Waals surface area contributed by atoms with Crippen molar-refractivity contribution in [3.8, 4) is 11.1 Å². The minimum absolute atomic E-state index is 0.221. The molecule has 0 spiro atoms. The van der Waals surface area contributed by atoms with Crippen LogP contribution >= 0.6 is 0 Å². The fourth-order valence-electron chi connectivity index (χ4n) is 2.20. The first kappa shape index (κ1) is 14.8. The minimum atomic E-state index is -0.974. The predicted octanol–water partition coefficient (Wildman–Crippen LogP) is 3.46. The van der Waals surface area contributed by atoms with Gasteiger partial charge >= 0.3 is 11.9 Å². The summed E-state index contributed by atoms with van der Waals surface area (Å²) in [5.41, 5.74) is 4.21. The number of aryl methyl sites for hydroxylation is 2. The second-order valence-electron chi connectivity index (χ2n) is 4.86. The molecule has 0 aromatic heterocycles. The number of rotatable bonds is 3. The minimum Gasteiger partial charge on any atom is -0.478 e. The molecular weight excluding hydrogens is 268 g/mol. The standard InChI is InChI=1S/C17H16O4/c1-10-4-6-12(16(18)19)8-14(10)15-9-13(17(20)21-3)7-5-11(15)2/h4-9H,1-3H3,(H,18,19). The molecule has 0 aliphatic carbocycles. The summed E-state index contributed by atoms with van der Waals surface area (Å²) < 4.78 is 4.73. The molecule has 21 heavy (non-hydrogen) atoms. The van der Waals surface area contributed by atoms with E-state index in [-0.39, 0.29) is 5.56 Å². The largest absolute Gasteiger partial charge is 0.478 e. The third-order valence-corrected chi connectivity index (χ3v) is 3.43. The van der Waals surface area contributed by atoms with Crippen molar-refractivity contribution < 1.29 is 19.4 Å². The Hall–Kier alpha value is -2.62. The second kappa shape index (κ2) is 5.79. The van der Waals surface area contributed by atoms with Crippen LogP contribution in [0.15, 0.2) is 36.4 Å². The Morgan fingerprint density at radius 3 is 1.86 bits per heavy atom. The molecule has 0 amide bonds. The maximum atomic E-state index is 11.7. The lowest BCUT2D eigenvalue weighted by Gasteiger charge is -2.12. The SMILES string of the molecule is COC(=O)c1ccc(C)c(-c2cc(C(=O)O)ccc2C)c1. The lowest BCUT2D eigenvalue weighted by molar-refractivity contribution is 0.0600. The van der Waals surface area contributed by atoms with Crippen LogP contribution in [0.2, 0.25) is 0 Å². The Balaban J connectivity index is 2.63. The van der Waals surface area contributed by atoms with E-state index in [1.807, 2.05) is 19.9 Å². The highest BCUT2D eigenvalue weighted by Crippen LogP contribution is 2.29. The van der Waals surface area contributed by atoms with E-state index in [9.17, 15) is 9.59 Å². The molecule has 4 nitrogen and oxygen atoms in total. The van der Waals surface area contributed by atoms with E-state index < -0.39 is 11.9 Å². The predicted molar refractivity (Wildman–Crippen MR) is 79.7 cm³/mol. The van der Waals surface area contributed by atoms with Gasteiger partial charge in [0.25, 0.3) is 0 Å². The Kier molecular flexibility index (Phi) is 4.08. The molecule has 2 aromatic carbocycles. The Morgan fingerprint density at radius 1 is 0.905 bits per heavy atom. The van der Waals surface area contributed by atoms with Gasteiger partial charge in [-0.1, -0.05) is 12.1 Å². The van der Waals surface area contributed by atoms with Gasteiger partial charge in [-0.2, -0.15) is 0 Å². The number of methoxy groups -OCH3 is 1. The van der Waals surface area contributed by atoms with E-state index in [1.165, 1.54) is 7.11 Å². The maximum Gasteiger partial charge on any atom is 0.337 e. The highest BCUT2D eigenvalue weighted by molar-refractivity contribution is 5.93. The van der Waals surface area contributed by atoms with Gasteiger partial charge in [-0.3, -0.25) is 0 Å². The summed E-state index contributed by atoms with van der Waals surface area (Å²) in [4.78, 5) is 22.8. The van der Waals surface area contributed by atoms with Gasteiger partial charge in [0.2, 0.25) is 0 Å². The first-order chi connectivity index (χ1) is 9.93. The van der Waals surface area contributed by atoms with Gasteiger partial charge in [0.05, 0.1) is 18.2 Å². The highest BCUT2D eigenvalue weighted by Gasteiger charge is 2.13. The number of aromatic carboxylic acids is 1. The Bertz CT molecular complexity index is 717. The number of hydrogen-bond donors (Lipinski definition) is 1.